The minimum absolute atomic E-state index is 0.207. The van der Waals surface area contributed by atoms with Crippen molar-refractivity contribution in [3.63, 3.8) is 0 Å². The van der Waals surface area contributed by atoms with Gasteiger partial charge in [0.25, 0.3) is 5.91 Å². The highest BCUT2D eigenvalue weighted by Gasteiger charge is 2.17. The number of benzene rings is 2. The average molecular weight is 384 g/mol. The quantitative estimate of drug-likeness (QED) is 0.815. The Hall–Kier alpha value is -1.43. The van der Waals surface area contributed by atoms with Crippen molar-refractivity contribution in [3.05, 3.63) is 63.1 Å². The Morgan fingerprint density at radius 1 is 1.29 bits per heavy atom. The highest BCUT2D eigenvalue weighted by atomic mass is 79.9. The molecule has 0 aromatic heterocycles. The van der Waals surface area contributed by atoms with Gasteiger partial charge in [-0.25, -0.2) is 0 Å². The zero-order valence-corrected chi connectivity index (χ0v) is 14.3. The largest absolute Gasteiger partial charge is 0.389 e. The highest BCUT2D eigenvalue weighted by molar-refractivity contribution is 9.10. The van der Waals surface area contributed by atoms with Crippen molar-refractivity contribution in [1.82, 2.24) is 0 Å². The van der Waals surface area contributed by atoms with Crippen LogP contribution in [0.1, 0.15) is 15.9 Å². The minimum atomic E-state index is -0.207. The molecule has 21 heavy (non-hydrogen) atoms. The molecule has 0 aliphatic rings. The fourth-order valence-electron chi connectivity index (χ4n) is 1.83. The van der Waals surface area contributed by atoms with Crippen LogP contribution in [-0.2, 0) is 0 Å². The zero-order chi connectivity index (χ0) is 15.6. The molecule has 2 aromatic carbocycles. The second-order valence-corrected chi connectivity index (χ2v) is 6.17. The molecule has 2 aromatic rings. The average Bonchev–Trinajstić information content (AvgIpc) is 2.48. The van der Waals surface area contributed by atoms with Gasteiger partial charge in [-0.2, -0.15) is 0 Å². The Labute approximate surface area is 141 Å². The molecular weight excluding hydrogens is 372 g/mol. The van der Waals surface area contributed by atoms with Gasteiger partial charge >= 0.3 is 0 Å². The molecule has 108 valence electrons. The van der Waals surface area contributed by atoms with Crippen molar-refractivity contribution in [2.24, 2.45) is 5.73 Å². The van der Waals surface area contributed by atoms with Crippen LogP contribution in [0, 0.1) is 0 Å². The van der Waals surface area contributed by atoms with Gasteiger partial charge in [-0.1, -0.05) is 51.9 Å². The summed E-state index contributed by atoms with van der Waals surface area (Å²) in [6, 6.07) is 12.3. The maximum atomic E-state index is 12.6. The van der Waals surface area contributed by atoms with Crippen LogP contribution >= 0.6 is 39.7 Å². The van der Waals surface area contributed by atoms with Gasteiger partial charge < -0.3 is 10.6 Å². The standard InChI is InChI=1S/C15H12BrClN2OS/c1-19(11-4-2-3-9(7-11)14(18)21)15(20)12-8-10(16)5-6-13(12)17/h2-8H,1H3,(H2,18,21). The van der Waals surface area contributed by atoms with Crippen LogP contribution in [0.5, 0.6) is 0 Å². The molecule has 0 aliphatic carbocycles. The molecule has 3 nitrogen and oxygen atoms in total. The van der Waals surface area contributed by atoms with Crippen molar-refractivity contribution in [2.75, 3.05) is 11.9 Å². The monoisotopic (exact) mass is 382 g/mol. The fraction of sp³-hybridized carbons (Fsp3) is 0.0667. The lowest BCUT2D eigenvalue weighted by atomic mass is 10.1. The molecule has 0 fully saturated rings. The van der Waals surface area contributed by atoms with Gasteiger partial charge in [-0.05, 0) is 30.3 Å². The summed E-state index contributed by atoms with van der Waals surface area (Å²) in [7, 11) is 1.68. The molecule has 0 spiro atoms. The summed E-state index contributed by atoms with van der Waals surface area (Å²) in [4.78, 5) is 14.4. The summed E-state index contributed by atoms with van der Waals surface area (Å²) in [5.41, 5.74) is 7.45. The van der Waals surface area contributed by atoms with Crippen LogP contribution in [0.2, 0.25) is 5.02 Å². The number of nitrogens with zero attached hydrogens (tertiary/aromatic N) is 1. The molecule has 0 atom stereocenters. The number of carbonyl (C=O) groups excluding carboxylic acids is 1. The number of carbonyl (C=O) groups is 1. The van der Waals surface area contributed by atoms with E-state index in [4.69, 9.17) is 29.6 Å². The zero-order valence-electron chi connectivity index (χ0n) is 11.1. The SMILES string of the molecule is CN(C(=O)c1cc(Br)ccc1Cl)c1cccc(C(N)=S)c1. The molecule has 0 heterocycles. The Morgan fingerprint density at radius 2 is 2.00 bits per heavy atom. The van der Waals surface area contributed by atoms with Crippen molar-refractivity contribution in [3.8, 4) is 0 Å². The van der Waals surface area contributed by atoms with Crippen molar-refractivity contribution >= 4 is 56.3 Å². The minimum Gasteiger partial charge on any atom is -0.389 e. The van der Waals surface area contributed by atoms with E-state index in [1.54, 1.807) is 43.4 Å². The van der Waals surface area contributed by atoms with Gasteiger partial charge in [-0.15, -0.1) is 0 Å². The van der Waals surface area contributed by atoms with Gasteiger partial charge in [0.2, 0.25) is 0 Å². The predicted octanol–water partition coefficient (Wildman–Crippen LogP) is 4.01. The van der Waals surface area contributed by atoms with E-state index in [2.05, 4.69) is 15.9 Å². The van der Waals surface area contributed by atoms with Gasteiger partial charge in [0.15, 0.2) is 0 Å². The van der Waals surface area contributed by atoms with Crippen LogP contribution in [0.15, 0.2) is 46.9 Å². The molecular formula is C15H12BrClN2OS. The molecule has 0 saturated heterocycles. The number of amides is 1. The summed E-state index contributed by atoms with van der Waals surface area (Å²) in [5.74, 6) is -0.207. The van der Waals surface area contributed by atoms with Crippen molar-refractivity contribution in [2.45, 2.75) is 0 Å². The number of hydrogen-bond donors (Lipinski definition) is 1. The third-order valence-corrected chi connectivity index (χ3v) is 4.04. The number of halogens is 2. The summed E-state index contributed by atoms with van der Waals surface area (Å²) in [6.45, 7) is 0. The number of nitrogens with two attached hydrogens (primary N) is 1. The number of hydrogen-bond acceptors (Lipinski definition) is 2. The molecule has 0 aliphatic heterocycles. The molecule has 0 unspecified atom stereocenters. The van der Waals surface area contributed by atoms with Gasteiger partial charge in [-0.3, -0.25) is 4.79 Å². The first-order chi connectivity index (χ1) is 9.90. The van der Waals surface area contributed by atoms with Gasteiger partial charge in [0.05, 0.1) is 10.6 Å². The molecule has 1 amide bonds. The van der Waals surface area contributed by atoms with Crippen LogP contribution in [0.4, 0.5) is 5.69 Å². The first-order valence-corrected chi connectivity index (χ1v) is 7.61. The van der Waals surface area contributed by atoms with Crippen molar-refractivity contribution in [1.29, 1.82) is 0 Å². The fourth-order valence-corrected chi connectivity index (χ4v) is 2.51. The first kappa shape index (κ1) is 15.9. The highest BCUT2D eigenvalue weighted by Crippen LogP contribution is 2.24. The third kappa shape index (κ3) is 3.61. The molecule has 2 N–H and O–H groups in total. The molecule has 0 radical (unpaired) electrons. The van der Waals surface area contributed by atoms with Crippen molar-refractivity contribution < 1.29 is 4.79 Å². The Bertz CT molecular complexity index is 721. The molecule has 6 heteroatoms. The summed E-state index contributed by atoms with van der Waals surface area (Å²) < 4.78 is 0.792. The number of thiocarbonyl (C=S) groups is 1. The third-order valence-electron chi connectivity index (χ3n) is 2.98. The second-order valence-electron chi connectivity index (χ2n) is 4.40. The Kier molecular flexibility index (Phi) is 4.98. The van der Waals surface area contributed by atoms with Gasteiger partial charge in [0.1, 0.15) is 4.99 Å². The van der Waals surface area contributed by atoms with E-state index < -0.39 is 0 Å². The lowest BCUT2D eigenvalue weighted by Crippen LogP contribution is -2.27. The molecule has 2 rings (SSSR count). The van der Waals surface area contributed by atoms with E-state index in [1.807, 2.05) is 6.07 Å². The normalized spacial score (nSPS) is 10.2. The maximum absolute atomic E-state index is 12.6. The van der Waals surface area contributed by atoms with E-state index in [0.717, 1.165) is 4.47 Å². The second kappa shape index (κ2) is 6.56. The van der Waals surface area contributed by atoms with E-state index >= 15 is 0 Å². The number of rotatable bonds is 3. The van der Waals surface area contributed by atoms with Crippen LogP contribution < -0.4 is 10.6 Å². The molecule has 0 bridgehead atoms. The van der Waals surface area contributed by atoms with E-state index in [9.17, 15) is 4.79 Å². The topological polar surface area (TPSA) is 46.3 Å². The lowest BCUT2D eigenvalue weighted by Gasteiger charge is -2.19. The Morgan fingerprint density at radius 3 is 2.67 bits per heavy atom. The van der Waals surface area contributed by atoms with Crippen LogP contribution in [0.25, 0.3) is 0 Å². The smallest absolute Gasteiger partial charge is 0.259 e. The van der Waals surface area contributed by atoms with E-state index in [-0.39, 0.29) is 10.9 Å². The van der Waals surface area contributed by atoms with Crippen LogP contribution in [-0.4, -0.2) is 17.9 Å². The lowest BCUT2D eigenvalue weighted by molar-refractivity contribution is 0.0993. The summed E-state index contributed by atoms with van der Waals surface area (Å²) in [6.07, 6.45) is 0. The summed E-state index contributed by atoms with van der Waals surface area (Å²) in [5, 5.41) is 0.403. The summed E-state index contributed by atoms with van der Waals surface area (Å²) >= 11 is 14.4. The first-order valence-electron chi connectivity index (χ1n) is 6.03. The number of anilines is 1. The maximum Gasteiger partial charge on any atom is 0.259 e. The predicted molar refractivity (Wildman–Crippen MR) is 94.2 cm³/mol. The Balaban J connectivity index is 2.37. The van der Waals surface area contributed by atoms with Gasteiger partial charge in [0, 0.05) is 22.8 Å². The van der Waals surface area contributed by atoms with E-state index in [1.165, 1.54) is 4.90 Å². The van der Waals surface area contributed by atoms with E-state index in [0.29, 0.717) is 21.8 Å². The van der Waals surface area contributed by atoms with Crippen LogP contribution in [0.3, 0.4) is 0 Å². The molecule has 0 saturated carbocycles.